The van der Waals surface area contributed by atoms with E-state index in [0.717, 1.165) is 19.3 Å². The highest BCUT2D eigenvalue weighted by Crippen LogP contribution is 2.30. The summed E-state index contributed by atoms with van der Waals surface area (Å²) in [6.45, 7) is 2.93. The summed E-state index contributed by atoms with van der Waals surface area (Å²) in [4.78, 5) is 11.9. The Morgan fingerprint density at radius 1 is 0.913 bits per heavy atom. The molecule has 0 amide bonds. The zero-order valence-corrected chi connectivity index (χ0v) is 15.3. The molecular formula is C19H36N2O2. The molecule has 23 heavy (non-hydrogen) atoms. The lowest BCUT2D eigenvalue weighted by Gasteiger charge is -2.20. The molecule has 0 aliphatic carbocycles. The largest absolute Gasteiger partial charge is 0.467 e. The number of carbonyl (C=O) groups excluding carboxylic acids is 1. The SMILES string of the molecule is CCCCCCCCCCCCCCC1(C(=O)OC)CCN=N1. The van der Waals surface area contributed by atoms with Crippen molar-refractivity contribution >= 4 is 5.97 Å². The summed E-state index contributed by atoms with van der Waals surface area (Å²) in [6.07, 6.45) is 17.4. The van der Waals surface area contributed by atoms with Crippen molar-refractivity contribution in [2.45, 2.75) is 102 Å². The average molecular weight is 325 g/mol. The van der Waals surface area contributed by atoms with Crippen LogP contribution in [0.15, 0.2) is 10.2 Å². The van der Waals surface area contributed by atoms with Crippen molar-refractivity contribution in [3.8, 4) is 0 Å². The minimum atomic E-state index is -0.659. The van der Waals surface area contributed by atoms with Gasteiger partial charge < -0.3 is 4.74 Å². The smallest absolute Gasteiger partial charge is 0.335 e. The van der Waals surface area contributed by atoms with Gasteiger partial charge in [-0.3, -0.25) is 0 Å². The first-order valence-electron chi connectivity index (χ1n) is 9.72. The van der Waals surface area contributed by atoms with Crippen LogP contribution >= 0.6 is 0 Å². The third-order valence-electron chi connectivity index (χ3n) is 4.90. The Kier molecular flexibility index (Phi) is 10.9. The van der Waals surface area contributed by atoms with E-state index in [2.05, 4.69) is 17.2 Å². The minimum absolute atomic E-state index is 0.207. The van der Waals surface area contributed by atoms with E-state index in [0.29, 0.717) is 6.54 Å². The van der Waals surface area contributed by atoms with Gasteiger partial charge >= 0.3 is 5.97 Å². The van der Waals surface area contributed by atoms with Gasteiger partial charge in [-0.1, -0.05) is 84.0 Å². The van der Waals surface area contributed by atoms with Gasteiger partial charge in [0.2, 0.25) is 0 Å². The molecule has 0 aromatic rings. The number of rotatable bonds is 14. The summed E-state index contributed by atoms with van der Waals surface area (Å²) < 4.78 is 4.90. The molecule has 0 fully saturated rings. The summed E-state index contributed by atoms with van der Waals surface area (Å²) >= 11 is 0. The maximum atomic E-state index is 11.9. The Balaban J connectivity index is 1.95. The zero-order chi connectivity index (χ0) is 16.8. The molecular weight excluding hydrogens is 288 g/mol. The topological polar surface area (TPSA) is 51.0 Å². The standard InChI is InChI=1S/C19H36N2O2/c1-3-4-5-6-7-8-9-10-11-12-13-14-15-19(18(22)23-2)16-17-20-21-19/h3-17H2,1-2H3. The van der Waals surface area contributed by atoms with Gasteiger partial charge in [0, 0.05) is 6.42 Å². The maximum Gasteiger partial charge on any atom is 0.335 e. The second kappa shape index (κ2) is 12.5. The lowest BCUT2D eigenvalue weighted by Crippen LogP contribution is -2.36. The van der Waals surface area contributed by atoms with Crippen molar-refractivity contribution in [1.82, 2.24) is 0 Å². The molecule has 1 heterocycles. The molecule has 0 aromatic heterocycles. The molecule has 0 radical (unpaired) electrons. The minimum Gasteiger partial charge on any atom is -0.467 e. The quantitative estimate of drug-likeness (QED) is 0.297. The Morgan fingerprint density at radius 3 is 1.87 bits per heavy atom. The van der Waals surface area contributed by atoms with E-state index >= 15 is 0 Å². The van der Waals surface area contributed by atoms with Crippen molar-refractivity contribution in [2.75, 3.05) is 13.7 Å². The van der Waals surface area contributed by atoms with Crippen LogP contribution in [0, 0.1) is 0 Å². The van der Waals surface area contributed by atoms with Crippen LogP contribution in [0.1, 0.15) is 96.8 Å². The summed E-state index contributed by atoms with van der Waals surface area (Å²) in [5.41, 5.74) is -0.659. The van der Waals surface area contributed by atoms with Crippen LogP contribution in [0.2, 0.25) is 0 Å². The van der Waals surface area contributed by atoms with Crippen LogP contribution in [0.5, 0.6) is 0 Å². The number of hydrogen-bond donors (Lipinski definition) is 0. The fraction of sp³-hybridized carbons (Fsp3) is 0.947. The van der Waals surface area contributed by atoms with Crippen LogP contribution < -0.4 is 0 Å². The fourth-order valence-corrected chi connectivity index (χ4v) is 3.34. The lowest BCUT2D eigenvalue weighted by molar-refractivity contribution is -0.147. The molecule has 1 aliphatic rings. The van der Waals surface area contributed by atoms with E-state index in [4.69, 9.17) is 4.74 Å². The molecule has 1 unspecified atom stereocenters. The molecule has 4 nitrogen and oxygen atoms in total. The van der Waals surface area contributed by atoms with Gasteiger partial charge in [0.15, 0.2) is 5.54 Å². The lowest BCUT2D eigenvalue weighted by atomic mass is 9.90. The molecule has 1 aliphatic heterocycles. The molecule has 1 atom stereocenters. The van der Waals surface area contributed by atoms with E-state index in [1.54, 1.807) is 0 Å². The number of hydrogen-bond acceptors (Lipinski definition) is 4. The molecule has 0 bridgehead atoms. The molecule has 4 heteroatoms. The number of methoxy groups -OCH3 is 1. The number of carbonyl (C=O) groups is 1. The Hall–Kier alpha value is -0.930. The summed E-state index contributed by atoms with van der Waals surface area (Å²) in [5.74, 6) is -0.207. The number of unbranched alkanes of at least 4 members (excludes halogenated alkanes) is 11. The first kappa shape index (κ1) is 20.1. The van der Waals surface area contributed by atoms with E-state index < -0.39 is 5.54 Å². The van der Waals surface area contributed by atoms with Crippen LogP contribution in [0.25, 0.3) is 0 Å². The predicted molar refractivity (Wildman–Crippen MR) is 94.8 cm³/mol. The van der Waals surface area contributed by atoms with Crippen LogP contribution in [0.3, 0.4) is 0 Å². The van der Waals surface area contributed by atoms with E-state index in [-0.39, 0.29) is 5.97 Å². The van der Waals surface area contributed by atoms with Gasteiger partial charge in [-0.2, -0.15) is 10.2 Å². The van der Waals surface area contributed by atoms with Gasteiger partial charge in [0.1, 0.15) is 0 Å². The van der Waals surface area contributed by atoms with E-state index in [1.807, 2.05) is 0 Å². The Bertz CT molecular complexity index is 344. The monoisotopic (exact) mass is 324 g/mol. The number of ether oxygens (including phenoxy) is 1. The molecule has 0 saturated heterocycles. The third-order valence-corrected chi connectivity index (χ3v) is 4.90. The van der Waals surface area contributed by atoms with Gasteiger partial charge in [0.05, 0.1) is 13.7 Å². The normalized spacial score (nSPS) is 20.1. The summed E-state index contributed by atoms with van der Waals surface area (Å²) in [6, 6.07) is 0. The first-order valence-corrected chi connectivity index (χ1v) is 9.72. The molecule has 0 saturated carbocycles. The highest BCUT2D eigenvalue weighted by atomic mass is 16.5. The predicted octanol–water partition coefficient (Wildman–Crippen LogP) is 5.85. The molecule has 134 valence electrons. The van der Waals surface area contributed by atoms with Crippen LogP contribution in [0.4, 0.5) is 0 Å². The van der Waals surface area contributed by atoms with Crippen molar-refractivity contribution in [2.24, 2.45) is 10.2 Å². The third kappa shape index (κ3) is 7.94. The summed E-state index contributed by atoms with van der Waals surface area (Å²) in [5, 5.41) is 8.18. The molecule has 0 aromatic carbocycles. The molecule has 0 spiro atoms. The van der Waals surface area contributed by atoms with Gasteiger partial charge in [0.25, 0.3) is 0 Å². The van der Waals surface area contributed by atoms with E-state index in [1.165, 1.54) is 77.7 Å². The van der Waals surface area contributed by atoms with Crippen LogP contribution in [-0.4, -0.2) is 25.2 Å². The summed E-state index contributed by atoms with van der Waals surface area (Å²) in [7, 11) is 1.44. The average Bonchev–Trinajstić information content (AvgIpc) is 3.05. The van der Waals surface area contributed by atoms with Gasteiger partial charge in [-0.05, 0) is 6.42 Å². The van der Waals surface area contributed by atoms with Crippen molar-refractivity contribution in [3.63, 3.8) is 0 Å². The Labute approximate surface area is 142 Å². The number of esters is 1. The molecule has 1 rings (SSSR count). The van der Waals surface area contributed by atoms with Gasteiger partial charge in [-0.15, -0.1) is 0 Å². The second-order valence-electron chi connectivity index (χ2n) is 6.88. The second-order valence-corrected chi connectivity index (χ2v) is 6.88. The fourth-order valence-electron chi connectivity index (χ4n) is 3.34. The number of nitrogens with zero attached hydrogens (tertiary/aromatic N) is 2. The Morgan fingerprint density at radius 2 is 1.43 bits per heavy atom. The highest BCUT2D eigenvalue weighted by molar-refractivity contribution is 5.81. The highest BCUT2D eigenvalue weighted by Gasteiger charge is 2.41. The van der Waals surface area contributed by atoms with Crippen LogP contribution in [-0.2, 0) is 9.53 Å². The van der Waals surface area contributed by atoms with Crippen molar-refractivity contribution in [1.29, 1.82) is 0 Å². The zero-order valence-electron chi connectivity index (χ0n) is 15.3. The number of azo groups is 1. The van der Waals surface area contributed by atoms with E-state index in [9.17, 15) is 4.79 Å². The molecule has 0 N–H and O–H groups in total. The van der Waals surface area contributed by atoms with Crippen molar-refractivity contribution in [3.05, 3.63) is 0 Å². The van der Waals surface area contributed by atoms with Crippen molar-refractivity contribution < 1.29 is 9.53 Å². The first-order chi connectivity index (χ1) is 11.2. The maximum absolute atomic E-state index is 11.9. The van der Waals surface area contributed by atoms with Gasteiger partial charge in [-0.25, -0.2) is 4.79 Å².